The van der Waals surface area contributed by atoms with E-state index in [0.29, 0.717) is 45.7 Å². The zero-order valence-electron chi connectivity index (χ0n) is 17.1. The van der Waals surface area contributed by atoms with Gasteiger partial charge in [-0.2, -0.15) is 0 Å². The first-order valence-corrected chi connectivity index (χ1v) is 10.6. The van der Waals surface area contributed by atoms with Crippen molar-refractivity contribution >= 4 is 29.6 Å². The number of ether oxygens (including phenoxy) is 1. The lowest BCUT2D eigenvalue weighted by Gasteiger charge is -2.09. The molecule has 0 spiro atoms. The van der Waals surface area contributed by atoms with E-state index in [-0.39, 0.29) is 5.56 Å². The van der Waals surface area contributed by atoms with Gasteiger partial charge < -0.3 is 4.74 Å². The van der Waals surface area contributed by atoms with Crippen molar-refractivity contribution in [3.8, 4) is 27.6 Å². The number of pyridine rings is 1. The molecule has 4 rings (SSSR count). The van der Waals surface area contributed by atoms with Crippen LogP contribution in [-0.2, 0) is 0 Å². The van der Waals surface area contributed by atoms with E-state index in [0.717, 1.165) is 18.2 Å². The predicted molar refractivity (Wildman–Crippen MR) is 124 cm³/mol. The van der Waals surface area contributed by atoms with Crippen LogP contribution in [0.1, 0.15) is 12.5 Å². The number of hydrogen-bond donors (Lipinski definition) is 0. The monoisotopic (exact) mass is 448 g/mol. The molecule has 0 saturated heterocycles. The fraction of sp³-hybridized carbons (Fsp3) is 0.0833. The normalized spacial score (nSPS) is 11.4. The smallest absolute Gasteiger partial charge is 0.160 e. The van der Waals surface area contributed by atoms with Crippen LogP contribution in [0.15, 0.2) is 76.3 Å². The molecule has 0 radical (unpaired) electrons. The van der Waals surface area contributed by atoms with Crippen LogP contribution in [0.3, 0.4) is 0 Å². The summed E-state index contributed by atoms with van der Waals surface area (Å²) in [6, 6.07) is 12.3. The molecule has 0 amide bonds. The van der Waals surface area contributed by atoms with Gasteiger partial charge in [0.1, 0.15) is 22.4 Å². The van der Waals surface area contributed by atoms with E-state index in [4.69, 9.17) is 4.74 Å². The van der Waals surface area contributed by atoms with Crippen molar-refractivity contribution in [2.75, 3.05) is 6.61 Å². The summed E-state index contributed by atoms with van der Waals surface area (Å²) < 4.78 is 33.5. The molecular formula is C24H18F2N4OS. The summed E-state index contributed by atoms with van der Waals surface area (Å²) in [5, 5.41) is 2.26. The number of halogens is 2. The highest BCUT2D eigenvalue weighted by Gasteiger charge is 2.16. The molecule has 32 heavy (non-hydrogen) atoms. The Bertz CT molecular complexity index is 1290. The molecule has 0 saturated carbocycles. The van der Waals surface area contributed by atoms with Crippen molar-refractivity contribution < 1.29 is 13.5 Å². The van der Waals surface area contributed by atoms with Crippen LogP contribution >= 0.6 is 11.3 Å². The van der Waals surface area contributed by atoms with Crippen molar-refractivity contribution in [3.63, 3.8) is 0 Å². The first-order valence-electron chi connectivity index (χ1n) is 9.73. The first-order chi connectivity index (χ1) is 15.6. The van der Waals surface area contributed by atoms with Gasteiger partial charge in [-0.1, -0.05) is 0 Å². The van der Waals surface area contributed by atoms with Crippen molar-refractivity contribution in [1.29, 1.82) is 0 Å². The fourth-order valence-corrected chi connectivity index (χ4v) is 3.90. The maximum Gasteiger partial charge on any atom is 0.160 e. The molecule has 5 nitrogen and oxygen atoms in total. The zero-order chi connectivity index (χ0) is 22.5. The minimum Gasteiger partial charge on any atom is -0.494 e. The number of amidine groups is 1. The standard InChI is InChI=1S/C24H18F2N4OS/c1-3-31-17-7-9-21(29-23(27-2)15-5-4-10-28-13-15)19(12-17)24-30-22(14-32-24)18-11-16(25)6-8-20(18)26/h4-14H,2-3H2,1H3. The summed E-state index contributed by atoms with van der Waals surface area (Å²) in [4.78, 5) is 17.4. The minimum absolute atomic E-state index is 0.0994. The third-order valence-electron chi connectivity index (χ3n) is 4.51. The highest BCUT2D eigenvalue weighted by atomic mass is 32.1. The molecular weight excluding hydrogens is 430 g/mol. The van der Waals surface area contributed by atoms with E-state index in [1.165, 1.54) is 11.3 Å². The Balaban J connectivity index is 1.82. The number of thiazole rings is 1. The summed E-state index contributed by atoms with van der Waals surface area (Å²) in [5.41, 5.74) is 2.41. The molecule has 0 aliphatic heterocycles. The third kappa shape index (κ3) is 4.60. The summed E-state index contributed by atoms with van der Waals surface area (Å²) in [6.45, 7) is 6.01. The van der Waals surface area contributed by atoms with E-state index >= 15 is 0 Å². The molecule has 2 aromatic carbocycles. The molecule has 0 aliphatic carbocycles. The van der Waals surface area contributed by atoms with Gasteiger partial charge in [0.05, 0.1) is 18.0 Å². The van der Waals surface area contributed by atoms with E-state index in [1.807, 2.05) is 19.1 Å². The highest BCUT2D eigenvalue weighted by molar-refractivity contribution is 7.13. The van der Waals surface area contributed by atoms with Crippen LogP contribution in [0, 0.1) is 11.6 Å². The fourth-order valence-electron chi connectivity index (χ4n) is 3.06. The van der Waals surface area contributed by atoms with Gasteiger partial charge in [0.2, 0.25) is 0 Å². The molecule has 0 N–H and O–H groups in total. The van der Waals surface area contributed by atoms with Crippen molar-refractivity contribution in [2.45, 2.75) is 6.92 Å². The van der Waals surface area contributed by atoms with E-state index in [1.54, 1.807) is 36.0 Å². The van der Waals surface area contributed by atoms with Crippen LogP contribution in [-0.4, -0.2) is 29.1 Å². The Kier molecular flexibility index (Phi) is 6.42. The average Bonchev–Trinajstić information content (AvgIpc) is 3.30. The topological polar surface area (TPSA) is 59.7 Å². The summed E-state index contributed by atoms with van der Waals surface area (Å²) in [5.74, 6) is -0.0295. The lowest BCUT2D eigenvalue weighted by Crippen LogP contribution is -1.97. The molecule has 0 fully saturated rings. The molecule has 0 atom stereocenters. The first kappa shape index (κ1) is 21.5. The van der Waals surface area contributed by atoms with Gasteiger partial charge in [0.25, 0.3) is 0 Å². The van der Waals surface area contributed by atoms with Gasteiger partial charge in [-0.25, -0.2) is 23.7 Å². The number of aliphatic imine (C=N–C) groups is 2. The summed E-state index contributed by atoms with van der Waals surface area (Å²) in [7, 11) is 0. The Hall–Kier alpha value is -3.78. The quantitative estimate of drug-likeness (QED) is 0.256. The van der Waals surface area contributed by atoms with E-state index < -0.39 is 11.6 Å². The van der Waals surface area contributed by atoms with E-state index in [9.17, 15) is 8.78 Å². The molecule has 8 heteroatoms. The maximum atomic E-state index is 14.2. The SMILES string of the molecule is C=NC(=Nc1ccc(OCC)cc1-c1nc(-c2cc(F)ccc2F)cs1)c1cccnc1. The van der Waals surface area contributed by atoms with Gasteiger partial charge in [-0.3, -0.25) is 4.98 Å². The number of nitrogens with zero attached hydrogens (tertiary/aromatic N) is 4. The van der Waals surface area contributed by atoms with Crippen molar-refractivity contribution in [3.05, 3.63) is 83.5 Å². The number of benzene rings is 2. The van der Waals surface area contributed by atoms with Crippen LogP contribution < -0.4 is 4.74 Å². The second-order valence-corrected chi connectivity index (χ2v) is 7.47. The van der Waals surface area contributed by atoms with Gasteiger partial charge in [-0.05, 0) is 62.2 Å². The number of hydrogen-bond acceptors (Lipinski definition) is 5. The Morgan fingerprint density at radius 2 is 2.00 bits per heavy atom. The Morgan fingerprint density at radius 3 is 2.75 bits per heavy atom. The van der Waals surface area contributed by atoms with Crippen LogP contribution in [0.2, 0.25) is 0 Å². The van der Waals surface area contributed by atoms with E-state index in [2.05, 4.69) is 26.7 Å². The third-order valence-corrected chi connectivity index (χ3v) is 5.39. The van der Waals surface area contributed by atoms with Gasteiger partial charge >= 0.3 is 0 Å². The molecule has 0 unspecified atom stereocenters. The minimum atomic E-state index is -0.542. The van der Waals surface area contributed by atoms with Crippen molar-refractivity contribution in [1.82, 2.24) is 9.97 Å². The molecule has 0 bridgehead atoms. The number of rotatable bonds is 6. The predicted octanol–water partition coefficient (Wildman–Crippen LogP) is 6.33. The molecule has 160 valence electrons. The van der Waals surface area contributed by atoms with Crippen LogP contribution in [0.25, 0.3) is 21.8 Å². The lowest BCUT2D eigenvalue weighted by atomic mass is 10.1. The largest absolute Gasteiger partial charge is 0.494 e. The second-order valence-electron chi connectivity index (χ2n) is 6.61. The molecule has 2 heterocycles. The Morgan fingerprint density at radius 1 is 1.12 bits per heavy atom. The maximum absolute atomic E-state index is 14.2. The van der Waals surface area contributed by atoms with Gasteiger partial charge in [0, 0.05) is 34.5 Å². The molecule has 2 aromatic heterocycles. The molecule has 4 aromatic rings. The van der Waals surface area contributed by atoms with Gasteiger partial charge in [0.15, 0.2) is 5.84 Å². The molecule has 0 aliphatic rings. The summed E-state index contributed by atoms with van der Waals surface area (Å²) in [6.07, 6.45) is 3.31. The second kappa shape index (κ2) is 9.57. The number of aromatic nitrogens is 2. The van der Waals surface area contributed by atoms with Gasteiger partial charge in [-0.15, -0.1) is 11.3 Å². The Labute approximate surface area is 187 Å². The highest BCUT2D eigenvalue weighted by Crippen LogP contribution is 2.38. The van der Waals surface area contributed by atoms with Crippen LogP contribution in [0.5, 0.6) is 5.75 Å². The summed E-state index contributed by atoms with van der Waals surface area (Å²) >= 11 is 1.30. The van der Waals surface area contributed by atoms with Crippen molar-refractivity contribution in [2.24, 2.45) is 9.98 Å². The lowest BCUT2D eigenvalue weighted by molar-refractivity contribution is 0.340. The van der Waals surface area contributed by atoms with Crippen LogP contribution in [0.4, 0.5) is 14.5 Å². The zero-order valence-corrected chi connectivity index (χ0v) is 17.9. The average molecular weight is 448 g/mol.